The van der Waals surface area contributed by atoms with Gasteiger partial charge in [-0.2, -0.15) is 0 Å². The molecule has 19 heavy (non-hydrogen) atoms. The van der Waals surface area contributed by atoms with E-state index < -0.39 is 0 Å². The van der Waals surface area contributed by atoms with Crippen LogP contribution in [0.25, 0.3) is 0 Å². The summed E-state index contributed by atoms with van der Waals surface area (Å²) in [6.45, 7) is 8.87. The van der Waals surface area contributed by atoms with E-state index in [9.17, 15) is 0 Å². The van der Waals surface area contributed by atoms with Gasteiger partial charge in [0, 0.05) is 12.5 Å². The van der Waals surface area contributed by atoms with Gasteiger partial charge in [-0.15, -0.1) is 0 Å². The number of likely N-dealkylation sites (tertiary alicyclic amines) is 1. The second-order valence-electron chi connectivity index (χ2n) is 6.13. The van der Waals surface area contributed by atoms with E-state index in [1.165, 1.54) is 58.0 Å². The summed E-state index contributed by atoms with van der Waals surface area (Å²) in [5.74, 6) is 0.589. The maximum Gasteiger partial charge on any atom is 0.161 e. The van der Waals surface area contributed by atoms with Gasteiger partial charge < -0.3 is 14.4 Å². The Kier molecular flexibility index (Phi) is 6.62. The normalized spacial score (nSPS) is 30.6. The Morgan fingerprint density at radius 1 is 1.16 bits per heavy atom. The molecule has 3 nitrogen and oxygen atoms in total. The minimum atomic E-state index is 0.0614. The average molecular weight is 269 g/mol. The van der Waals surface area contributed by atoms with Crippen molar-refractivity contribution < 1.29 is 9.47 Å². The number of hydrogen-bond donors (Lipinski definition) is 0. The van der Waals surface area contributed by atoms with Crippen molar-refractivity contribution in [1.82, 2.24) is 4.90 Å². The van der Waals surface area contributed by atoms with Crippen molar-refractivity contribution in [1.29, 1.82) is 0 Å². The third-order valence-corrected chi connectivity index (χ3v) is 4.52. The van der Waals surface area contributed by atoms with E-state index >= 15 is 0 Å². The Morgan fingerprint density at radius 2 is 1.95 bits per heavy atom. The summed E-state index contributed by atoms with van der Waals surface area (Å²) in [4.78, 5) is 2.55. The van der Waals surface area contributed by atoms with E-state index in [2.05, 4.69) is 18.7 Å². The van der Waals surface area contributed by atoms with Gasteiger partial charge in [0.15, 0.2) is 6.29 Å². The molecule has 3 atom stereocenters. The first kappa shape index (κ1) is 15.3. The van der Waals surface area contributed by atoms with Crippen LogP contribution in [0.3, 0.4) is 0 Å². The zero-order valence-corrected chi connectivity index (χ0v) is 12.8. The molecule has 2 saturated heterocycles. The highest BCUT2D eigenvalue weighted by Gasteiger charge is 2.32. The summed E-state index contributed by atoms with van der Waals surface area (Å²) < 4.78 is 12.1. The molecule has 0 aromatic carbocycles. The lowest BCUT2D eigenvalue weighted by Crippen LogP contribution is -2.37. The van der Waals surface area contributed by atoms with Crippen molar-refractivity contribution in [2.45, 2.75) is 71.2 Å². The molecule has 0 spiro atoms. The summed E-state index contributed by atoms with van der Waals surface area (Å²) in [7, 11) is 0. The van der Waals surface area contributed by atoms with Gasteiger partial charge in [-0.05, 0) is 38.8 Å². The van der Waals surface area contributed by atoms with E-state index in [0.29, 0.717) is 12.0 Å². The van der Waals surface area contributed by atoms with Gasteiger partial charge in [-0.1, -0.05) is 33.1 Å². The molecule has 0 amide bonds. The molecular formula is C16H31NO2. The number of ether oxygens (including phenoxy) is 2. The van der Waals surface area contributed by atoms with Crippen LogP contribution in [0.2, 0.25) is 0 Å². The fraction of sp³-hybridized carbons (Fsp3) is 1.00. The lowest BCUT2D eigenvalue weighted by atomic mass is 9.99. The van der Waals surface area contributed by atoms with Gasteiger partial charge in [0.25, 0.3) is 0 Å². The third kappa shape index (κ3) is 4.73. The number of hydrogen-bond acceptors (Lipinski definition) is 3. The maximum absolute atomic E-state index is 6.15. The topological polar surface area (TPSA) is 21.7 Å². The van der Waals surface area contributed by atoms with Gasteiger partial charge in [-0.25, -0.2) is 0 Å². The SMILES string of the molecule is CCCC[C@H](CC)[C@H]1OC[C@@H](CN2CCCCC2)O1. The van der Waals surface area contributed by atoms with Gasteiger partial charge in [0.2, 0.25) is 0 Å². The van der Waals surface area contributed by atoms with Crippen LogP contribution in [0.15, 0.2) is 0 Å². The lowest BCUT2D eigenvalue weighted by molar-refractivity contribution is -0.103. The van der Waals surface area contributed by atoms with E-state index in [1.807, 2.05) is 0 Å². The summed E-state index contributed by atoms with van der Waals surface area (Å²) in [6, 6.07) is 0. The number of nitrogens with zero attached hydrogens (tertiary/aromatic N) is 1. The highest BCUT2D eigenvalue weighted by Crippen LogP contribution is 2.26. The Bertz CT molecular complexity index is 241. The Hall–Kier alpha value is -0.120. The molecule has 3 heteroatoms. The van der Waals surface area contributed by atoms with Crippen LogP contribution in [-0.4, -0.2) is 43.5 Å². The third-order valence-electron chi connectivity index (χ3n) is 4.52. The molecule has 2 heterocycles. The Balaban J connectivity index is 1.71. The molecule has 0 saturated carbocycles. The van der Waals surface area contributed by atoms with E-state index in [4.69, 9.17) is 9.47 Å². The summed E-state index contributed by atoms with van der Waals surface area (Å²) in [5.41, 5.74) is 0. The van der Waals surface area contributed by atoms with Crippen LogP contribution in [-0.2, 0) is 9.47 Å². The largest absolute Gasteiger partial charge is 0.350 e. The molecular weight excluding hydrogens is 238 g/mol. The quantitative estimate of drug-likeness (QED) is 0.707. The van der Waals surface area contributed by atoms with Gasteiger partial charge in [-0.3, -0.25) is 0 Å². The predicted octanol–water partition coefficient (Wildman–Crippen LogP) is 3.43. The van der Waals surface area contributed by atoms with Crippen molar-refractivity contribution in [3.8, 4) is 0 Å². The molecule has 0 aliphatic carbocycles. The smallest absolute Gasteiger partial charge is 0.161 e. The highest BCUT2D eigenvalue weighted by atomic mass is 16.7. The summed E-state index contributed by atoms with van der Waals surface area (Å²) >= 11 is 0. The highest BCUT2D eigenvalue weighted by molar-refractivity contribution is 4.76. The first-order chi connectivity index (χ1) is 9.33. The number of unbranched alkanes of at least 4 members (excludes halogenated alkanes) is 1. The van der Waals surface area contributed by atoms with Gasteiger partial charge in [0.05, 0.1) is 12.7 Å². The van der Waals surface area contributed by atoms with Crippen molar-refractivity contribution >= 4 is 0 Å². The number of piperidine rings is 1. The van der Waals surface area contributed by atoms with Crippen molar-refractivity contribution in [2.24, 2.45) is 5.92 Å². The fourth-order valence-electron chi connectivity index (χ4n) is 3.24. The van der Waals surface area contributed by atoms with Crippen LogP contribution in [0, 0.1) is 5.92 Å². The summed E-state index contributed by atoms with van der Waals surface area (Å²) in [5, 5.41) is 0. The molecule has 0 aromatic rings. The number of rotatable bonds is 7. The van der Waals surface area contributed by atoms with E-state index in [-0.39, 0.29) is 6.29 Å². The monoisotopic (exact) mass is 269 g/mol. The fourth-order valence-corrected chi connectivity index (χ4v) is 3.24. The zero-order valence-electron chi connectivity index (χ0n) is 12.8. The minimum absolute atomic E-state index is 0.0614. The Morgan fingerprint density at radius 3 is 2.63 bits per heavy atom. The van der Waals surface area contributed by atoms with Crippen LogP contribution in [0.1, 0.15) is 58.8 Å². The summed E-state index contributed by atoms with van der Waals surface area (Å²) in [6.07, 6.45) is 9.44. The zero-order chi connectivity index (χ0) is 13.5. The standard InChI is InChI=1S/C16H31NO2/c1-3-5-9-14(4-2)16-18-13-15(19-16)12-17-10-7-6-8-11-17/h14-16H,3-13H2,1-2H3/t14-,15+,16-/m0/s1. The van der Waals surface area contributed by atoms with Crippen molar-refractivity contribution in [2.75, 3.05) is 26.2 Å². The molecule has 2 rings (SSSR count). The average Bonchev–Trinajstić information content (AvgIpc) is 2.89. The molecule has 0 unspecified atom stereocenters. The maximum atomic E-state index is 6.15. The molecule has 0 aromatic heterocycles. The predicted molar refractivity (Wildman–Crippen MR) is 78.2 cm³/mol. The lowest BCUT2D eigenvalue weighted by Gasteiger charge is -2.28. The van der Waals surface area contributed by atoms with Crippen molar-refractivity contribution in [3.05, 3.63) is 0 Å². The van der Waals surface area contributed by atoms with Gasteiger partial charge in [0.1, 0.15) is 0 Å². The molecule has 2 aliphatic heterocycles. The minimum Gasteiger partial charge on any atom is -0.350 e. The molecule has 2 fully saturated rings. The molecule has 0 N–H and O–H groups in total. The van der Waals surface area contributed by atoms with Crippen LogP contribution in [0.4, 0.5) is 0 Å². The second kappa shape index (κ2) is 8.23. The molecule has 0 radical (unpaired) electrons. The first-order valence-electron chi connectivity index (χ1n) is 8.33. The molecule has 2 aliphatic rings. The van der Waals surface area contributed by atoms with Crippen LogP contribution in [0.5, 0.6) is 0 Å². The van der Waals surface area contributed by atoms with Crippen LogP contribution >= 0.6 is 0 Å². The van der Waals surface area contributed by atoms with E-state index in [1.54, 1.807) is 0 Å². The first-order valence-corrected chi connectivity index (χ1v) is 8.33. The van der Waals surface area contributed by atoms with Gasteiger partial charge >= 0.3 is 0 Å². The van der Waals surface area contributed by atoms with Crippen LogP contribution < -0.4 is 0 Å². The molecule has 112 valence electrons. The van der Waals surface area contributed by atoms with Crippen molar-refractivity contribution in [3.63, 3.8) is 0 Å². The van der Waals surface area contributed by atoms with E-state index in [0.717, 1.165) is 13.2 Å². The second-order valence-corrected chi connectivity index (χ2v) is 6.13. The Labute approximate surface area is 118 Å². The molecule has 0 bridgehead atoms.